The maximum Gasteiger partial charge on any atom is 0.0349 e. The first kappa shape index (κ1) is 13.6. The molecule has 2 rings (SSSR count). The van der Waals surface area contributed by atoms with Crippen molar-refractivity contribution in [1.29, 1.82) is 0 Å². The summed E-state index contributed by atoms with van der Waals surface area (Å²) in [7, 11) is 2.10. The quantitative estimate of drug-likeness (QED) is 0.857. The summed E-state index contributed by atoms with van der Waals surface area (Å²) < 4.78 is 0. The van der Waals surface area contributed by atoms with Crippen LogP contribution in [0.2, 0.25) is 0 Å². The molecule has 1 aliphatic rings. The maximum atomic E-state index is 3.55. The van der Waals surface area contributed by atoms with Gasteiger partial charge in [0.2, 0.25) is 0 Å². The first-order valence-electron chi connectivity index (χ1n) is 7.09. The van der Waals surface area contributed by atoms with E-state index in [2.05, 4.69) is 50.6 Å². The van der Waals surface area contributed by atoms with Crippen LogP contribution in [0.3, 0.4) is 0 Å². The second-order valence-corrected chi connectivity index (χ2v) is 5.58. The molecule has 0 aromatic heterocycles. The molecule has 0 radical (unpaired) electrons. The van der Waals surface area contributed by atoms with Gasteiger partial charge in [-0.25, -0.2) is 0 Å². The Labute approximate surface area is 111 Å². The summed E-state index contributed by atoms with van der Waals surface area (Å²) in [5, 5.41) is 7.00. The first-order valence-corrected chi connectivity index (χ1v) is 7.09. The van der Waals surface area contributed by atoms with E-state index in [4.69, 9.17) is 0 Å². The monoisotopic (exact) mass is 246 g/mol. The minimum atomic E-state index is 0.506. The molecule has 1 heterocycles. The van der Waals surface area contributed by atoms with Crippen molar-refractivity contribution in [3.8, 4) is 0 Å². The topological polar surface area (TPSA) is 24.1 Å². The standard InChI is InChI=1S/C16H26N2/c1-11-5-6-15(13(3)12(11)2)16(17-4)14-7-9-18-10-8-14/h5-6,14,16-18H,7-10H2,1-4H3. The summed E-state index contributed by atoms with van der Waals surface area (Å²) in [5.74, 6) is 0.761. The van der Waals surface area contributed by atoms with Gasteiger partial charge >= 0.3 is 0 Å². The van der Waals surface area contributed by atoms with E-state index >= 15 is 0 Å². The molecule has 1 unspecified atom stereocenters. The smallest absolute Gasteiger partial charge is 0.0349 e. The highest BCUT2D eigenvalue weighted by atomic mass is 14.9. The van der Waals surface area contributed by atoms with Crippen molar-refractivity contribution < 1.29 is 0 Å². The molecule has 18 heavy (non-hydrogen) atoms. The highest BCUT2D eigenvalue weighted by Crippen LogP contribution is 2.32. The SMILES string of the molecule is CNC(c1ccc(C)c(C)c1C)C1CCNCC1. The van der Waals surface area contributed by atoms with Crippen molar-refractivity contribution in [3.05, 3.63) is 34.4 Å². The molecular formula is C16H26N2. The predicted molar refractivity (Wildman–Crippen MR) is 78.0 cm³/mol. The van der Waals surface area contributed by atoms with E-state index < -0.39 is 0 Å². The van der Waals surface area contributed by atoms with Crippen LogP contribution >= 0.6 is 0 Å². The van der Waals surface area contributed by atoms with Crippen LogP contribution < -0.4 is 10.6 Å². The van der Waals surface area contributed by atoms with Gasteiger partial charge in [0.05, 0.1) is 0 Å². The molecule has 2 N–H and O–H groups in total. The molecular weight excluding hydrogens is 220 g/mol. The fourth-order valence-electron chi connectivity index (χ4n) is 3.14. The lowest BCUT2D eigenvalue weighted by Crippen LogP contribution is -2.35. The molecule has 1 aromatic rings. The molecule has 0 saturated carbocycles. The molecule has 1 fully saturated rings. The molecule has 1 aliphatic heterocycles. The fraction of sp³-hybridized carbons (Fsp3) is 0.625. The molecule has 100 valence electrons. The van der Waals surface area contributed by atoms with Crippen LogP contribution in [-0.4, -0.2) is 20.1 Å². The Morgan fingerprint density at radius 2 is 1.78 bits per heavy atom. The Balaban J connectivity index is 2.29. The zero-order valence-electron chi connectivity index (χ0n) is 12.1. The predicted octanol–water partition coefficient (Wildman–Crippen LogP) is 2.87. The van der Waals surface area contributed by atoms with Gasteiger partial charge in [-0.05, 0) is 81.9 Å². The summed E-state index contributed by atoms with van der Waals surface area (Å²) in [6.45, 7) is 9.02. The van der Waals surface area contributed by atoms with Crippen molar-refractivity contribution >= 4 is 0 Å². The number of hydrogen-bond acceptors (Lipinski definition) is 2. The molecule has 0 amide bonds. The van der Waals surface area contributed by atoms with Crippen LogP contribution in [0.1, 0.15) is 41.1 Å². The van der Waals surface area contributed by atoms with Crippen LogP contribution in [0.4, 0.5) is 0 Å². The zero-order valence-corrected chi connectivity index (χ0v) is 12.1. The normalized spacial score (nSPS) is 18.9. The molecule has 0 spiro atoms. The average Bonchev–Trinajstić information content (AvgIpc) is 2.41. The van der Waals surface area contributed by atoms with Crippen LogP contribution in [0.25, 0.3) is 0 Å². The van der Waals surface area contributed by atoms with Gasteiger partial charge in [-0.1, -0.05) is 12.1 Å². The van der Waals surface area contributed by atoms with Crippen LogP contribution in [0, 0.1) is 26.7 Å². The Bertz CT molecular complexity index is 406. The zero-order chi connectivity index (χ0) is 13.1. The third-order valence-corrected chi connectivity index (χ3v) is 4.60. The van der Waals surface area contributed by atoms with Gasteiger partial charge in [0, 0.05) is 6.04 Å². The van der Waals surface area contributed by atoms with E-state index in [1.54, 1.807) is 0 Å². The number of hydrogen-bond donors (Lipinski definition) is 2. The number of benzene rings is 1. The largest absolute Gasteiger partial charge is 0.317 e. The van der Waals surface area contributed by atoms with E-state index in [9.17, 15) is 0 Å². The van der Waals surface area contributed by atoms with Gasteiger partial charge in [0.1, 0.15) is 0 Å². The van der Waals surface area contributed by atoms with Crippen molar-refractivity contribution in [3.63, 3.8) is 0 Å². The minimum Gasteiger partial charge on any atom is -0.317 e. The second-order valence-electron chi connectivity index (χ2n) is 5.58. The molecule has 1 aromatic carbocycles. The maximum absolute atomic E-state index is 3.55. The first-order chi connectivity index (χ1) is 8.65. The van der Waals surface area contributed by atoms with E-state index in [0.29, 0.717) is 6.04 Å². The third-order valence-electron chi connectivity index (χ3n) is 4.60. The molecule has 0 bridgehead atoms. The summed E-state index contributed by atoms with van der Waals surface area (Å²) in [4.78, 5) is 0. The van der Waals surface area contributed by atoms with Gasteiger partial charge < -0.3 is 10.6 Å². The molecule has 2 heteroatoms. The van der Waals surface area contributed by atoms with E-state index in [0.717, 1.165) is 19.0 Å². The van der Waals surface area contributed by atoms with Crippen molar-refractivity contribution in [2.24, 2.45) is 5.92 Å². The summed E-state index contributed by atoms with van der Waals surface area (Å²) in [6.07, 6.45) is 2.55. The number of nitrogens with one attached hydrogen (secondary N) is 2. The Kier molecular flexibility index (Phi) is 4.41. The average molecular weight is 246 g/mol. The van der Waals surface area contributed by atoms with E-state index in [-0.39, 0.29) is 0 Å². The molecule has 1 saturated heterocycles. The Morgan fingerprint density at radius 1 is 1.11 bits per heavy atom. The van der Waals surface area contributed by atoms with Crippen LogP contribution in [0.5, 0.6) is 0 Å². The number of rotatable bonds is 3. The lowest BCUT2D eigenvalue weighted by molar-refractivity contribution is 0.293. The summed E-state index contributed by atoms with van der Waals surface area (Å²) in [5.41, 5.74) is 5.80. The van der Waals surface area contributed by atoms with E-state index in [1.807, 2.05) is 0 Å². The molecule has 1 atom stereocenters. The number of aryl methyl sites for hydroxylation is 1. The Morgan fingerprint density at radius 3 is 2.39 bits per heavy atom. The second kappa shape index (κ2) is 5.85. The lowest BCUT2D eigenvalue weighted by Gasteiger charge is -2.32. The number of piperidine rings is 1. The minimum absolute atomic E-state index is 0.506. The van der Waals surface area contributed by atoms with Gasteiger partial charge in [-0.15, -0.1) is 0 Å². The summed E-state index contributed by atoms with van der Waals surface area (Å²) in [6, 6.07) is 5.09. The highest BCUT2D eigenvalue weighted by molar-refractivity contribution is 5.40. The van der Waals surface area contributed by atoms with Crippen molar-refractivity contribution in [1.82, 2.24) is 10.6 Å². The van der Waals surface area contributed by atoms with Crippen molar-refractivity contribution in [2.75, 3.05) is 20.1 Å². The van der Waals surface area contributed by atoms with Crippen molar-refractivity contribution in [2.45, 2.75) is 39.7 Å². The molecule has 0 aliphatic carbocycles. The lowest BCUT2D eigenvalue weighted by atomic mass is 9.83. The van der Waals surface area contributed by atoms with Gasteiger partial charge in [-0.2, -0.15) is 0 Å². The third kappa shape index (κ3) is 2.60. The van der Waals surface area contributed by atoms with Gasteiger partial charge in [0.15, 0.2) is 0 Å². The Hall–Kier alpha value is -0.860. The fourth-order valence-corrected chi connectivity index (χ4v) is 3.14. The van der Waals surface area contributed by atoms with Crippen LogP contribution in [0.15, 0.2) is 12.1 Å². The highest BCUT2D eigenvalue weighted by Gasteiger charge is 2.25. The molecule has 2 nitrogen and oxygen atoms in total. The van der Waals surface area contributed by atoms with Gasteiger partial charge in [-0.3, -0.25) is 0 Å². The van der Waals surface area contributed by atoms with E-state index in [1.165, 1.54) is 35.1 Å². The summed E-state index contributed by atoms with van der Waals surface area (Å²) >= 11 is 0. The van der Waals surface area contributed by atoms with Crippen LogP contribution in [-0.2, 0) is 0 Å². The van der Waals surface area contributed by atoms with Gasteiger partial charge in [0.25, 0.3) is 0 Å².